The number of hydrogen-bond acceptors (Lipinski definition) is 4. The maximum absolute atomic E-state index is 13.0. The van der Waals surface area contributed by atoms with Crippen LogP contribution >= 0.6 is 11.8 Å². The molecule has 1 aliphatic heterocycles. The lowest BCUT2D eigenvalue weighted by Gasteiger charge is -2.12. The van der Waals surface area contributed by atoms with E-state index in [0.717, 1.165) is 41.6 Å². The zero-order chi connectivity index (χ0) is 19.4. The first kappa shape index (κ1) is 19.1. The number of carbonyl (C=O) groups excluding carboxylic acids is 1. The molecule has 1 heterocycles. The van der Waals surface area contributed by atoms with E-state index in [9.17, 15) is 17.6 Å². The normalized spacial score (nSPS) is 17.7. The highest BCUT2D eigenvalue weighted by Crippen LogP contribution is 2.33. The van der Waals surface area contributed by atoms with Crippen molar-refractivity contribution in [2.45, 2.75) is 4.90 Å². The maximum atomic E-state index is 13.0. The quantitative estimate of drug-likeness (QED) is 0.565. The molecule has 0 atom stereocenters. The van der Waals surface area contributed by atoms with Crippen LogP contribution in [0.4, 0.5) is 4.39 Å². The van der Waals surface area contributed by atoms with Crippen LogP contribution in [0.2, 0.25) is 0 Å². The molecule has 0 spiro atoms. The van der Waals surface area contributed by atoms with Gasteiger partial charge in [0, 0.05) is 6.54 Å². The van der Waals surface area contributed by atoms with Gasteiger partial charge in [-0.25, -0.2) is 4.39 Å². The summed E-state index contributed by atoms with van der Waals surface area (Å²) in [6.45, 7) is 3.72. The Morgan fingerprint density at radius 3 is 2.41 bits per heavy atom. The summed E-state index contributed by atoms with van der Waals surface area (Å²) in [4.78, 5) is 14.1. The SMILES string of the molecule is C=CCN1C(=O)/C(=C/c2ccccc2)S/C1=N/S(=O)(=O)c1ccc(F)cc1. The van der Waals surface area contributed by atoms with E-state index < -0.39 is 15.8 Å². The van der Waals surface area contributed by atoms with Crippen molar-refractivity contribution in [3.63, 3.8) is 0 Å². The van der Waals surface area contributed by atoms with Crippen molar-refractivity contribution in [3.05, 3.63) is 83.5 Å². The van der Waals surface area contributed by atoms with Gasteiger partial charge in [0.15, 0.2) is 5.17 Å². The van der Waals surface area contributed by atoms with Crippen LogP contribution in [0.15, 0.2) is 81.5 Å². The van der Waals surface area contributed by atoms with Crippen molar-refractivity contribution in [1.29, 1.82) is 0 Å². The third kappa shape index (κ3) is 4.35. The molecule has 0 aromatic heterocycles. The van der Waals surface area contributed by atoms with E-state index >= 15 is 0 Å². The molecule has 0 unspecified atom stereocenters. The van der Waals surface area contributed by atoms with E-state index in [1.807, 2.05) is 30.3 Å². The molecule has 1 fully saturated rings. The zero-order valence-electron chi connectivity index (χ0n) is 14.1. The Morgan fingerprint density at radius 1 is 1.11 bits per heavy atom. The lowest BCUT2D eigenvalue weighted by atomic mass is 10.2. The number of rotatable bonds is 5. The summed E-state index contributed by atoms with van der Waals surface area (Å²) in [5.41, 5.74) is 0.814. The summed E-state index contributed by atoms with van der Waals surface area (Å²) in [5, 5.41) is 0.0337. The third-order valence-corrected chi connectivity index (χ3v) is 6.01. The Hall–Kier alpha value is -2.71. The molecule has 8 heteroatoms. The molecule has 2 aromatic rings. The fraction of sp³-hybridized carbons (Fsp3) is 0.0526. The van der Waals surface area contributed by atoms with Gasteiger partial charge >= 0.3 is 0 Å². The van der Waals surface area contributed by atoms with Gasteiger partial charge in [0.25, 0.3) is 15.9 Å². The van der Waals surface area contributed by atoms with Gasteiger partial charge in [-0.2, -0.15) is 8.42 Å². The highest BCUT2D eigenvalue weighted by atomic mass is 32.2. The van der Waals surface area contributed by atoms with E-state index in [1.165, 1.54) is 11.0 Å². The molecule has 27 heavy (non-hydrogen) atoms. The van der Waals surface area contributed by atoms with E-state index in [1.54, 1.807) is 6.08 Å². The minimum absolute atomic E-state index is 0.0337. The molecule has 2 aromatic carbocycles. The minimum Gasteiger partial charge on any atom is -0.282 e. The Kier molecular flexibility index (Phi) is 5.57. The van der Waals surface area contributed by atoms with Crippen LogP contribution in [0.5, 0.6) is 0 Å². The molecular formula is C19H15FN2O3S2. The molecule has 138 valence electrons. The van der Waals surface area contributed by atoms with Gasteiger partial charge in [-0.3, -0.25) is 9.69 Å². The molecule has 1 saturated heterocycles. The fourth-order valence-electron chi connectivity index (χ4n) is 2.33. The molecular weight excluding hydrogens is 387 g/mol. The highest BCUT2D eigenvalue weighted by molar-refractivity contribution is 8.19. The van der Waals surface area contributed by atoms with Crippen molar-refractivity contribution < 1.29 is 17.6 Å². The highest BCUT2D eigenvalue weighted by Gasteiger charge is 2.34. The lowest BCUT2D eigenvalue weighted by Crippen LogP contribution is -2.29. The second-order valence-electron chi connectivity index (χ2n) is 5.53. The molecule has 1 aliphatic rings. The Bertz CT molecular complexity index is 1030. The number of sulfonamides is 1. The second kappa shape index (κ2) is 7.89. The smallest absolute Gasteiger partial charge is 0.282 e. The van der Waals surface area contributed by atoms with Crippen LogP contribution in [0.3, 0.4) is 0 Å². The van der Waals surface area contributed by atoms with Crippen LogP contribution in [-0.2, 0) is 14.8 Å². The number of benzene rings is 2. The monoisotopic (exact) mass is 402 g/mol. The van der Waals surface area contributed by atoms with E-state index in [4.69, 9.17) is 0 Å². The first-order valence-corrected chi connectivity index (χ1v) is 10.1. The Morgan fingerprint density at radius 2 is 1.78 bits per heavy atom. The van der Waals surface area contributed by atoms with Crippen molar-refractivity contribution in [2.24, 2.45) is 4.40 Å². The van der Waals surface area contributed by atoms with Gasteiger partial charge in [0.1, 0.15) is 5.82 Å². The van der Waals surface area contributed by atoms with Crippen molar-refractivity contribution in [1.82, 2.24) is 4.90 Å². The number of hydrogen-bond donors (Lipinski definition) is 0. The fourth-order valence-corrected chi connectivity index (χ4v) is 4.52. The number of thioether (sulfide) groups is 1. The molecule has 1 amide bonds. The predicted octanol–water partition coefficient (Wildman–Crippen LogP) is 3.67. The van der Waals surface area contributed by atoms with Gasteiger partial charge < -0.3 is 0 Å². The molecule has 0 radical (unpaired) electrons. The third-order valence-electron chi connectivity index (χ3n) is 3.61. The van der Waals surface area contributed by atoms with Gasteiger partial charge in [-0.15, -0.1) is 11.0 Å². The van der Waals surface area contributed by atoms with Crippen LogP contribution in [0, 0.1) is 5.82 Å². The van der Waals surface area contributed by atoms with Crippen molar-refractivity contribution in [3.8, 4) is 0 Å². The summed E-state index contributed by atoms with van der Waals surface area (Å²) in [5.74, 6) is -0.898. The molecule has 0 bridgehead atoms. The van der Waals surface area contributed by atoms with Crippen LogP contribution in [0.1, 0.15) is 5.56 Å². The average molecular weight is 402 g/mol. The van der Waals surface area contributed by atoms with E-state index in [0.29, 0.717) is 4.91 Å². The van der Waals surface area contributed by atoms with Gasteiger partial charge in [-0.05, 0) is 47.7 Å². The van der Waals surface area contributed by atoms with Crippen molar-refractivity contribution in [2.75, 3.05) is 6.54 Å². The van der Waals surface area contributed by atoms with Gasteiger partial charge in [-0.1, -0.05) is 36.4 Å². The Labute approximate surface area is 161 Å². The molecule has 0 N–H and O–H groups in total. The number of amides is 1. The number of nitrogens with zero attached hydrogens (tertiary/aromatic N) is 2. The summed E-state index contributed by atoms with van der Waals surface area (Å²) < 4.78 is 41.9. The largest absolute Gasteiger partial charge is 0.284 e. The summed E-state index contributed by atoms with van der Waals surface area (Å²) in [6.07, 6.45) is 3.17. The van der Waals surface area contributed by atoms with Crippen LogP contribution in [-0.4, -0.2) is 30.9 Å². The van der Waals surface area contributed by atoms with Crippen molar-refractivity contribution >= 4 is 38.9 Å². The second-order valence-corrected chi connectivity index (χ2v) is 8.14. The lowest BCUT2D eigenvalue weighted by molar-refractivity contribution is -0.121. The standard InChI is InChI=1S/C19H15FN2O3S2/c1-2-12-22-18(23)17(13-14-6-4-3-5-7-14)26-19(22)21-27(24,25)16-10-8-15(20)9-11-16/h2-11,13H,1,12H2/b17-13-,21-19+. The summed E-state index contributed by atoms with van der Waals surface area (Å²) in [6, 6.07) is 13.6. The molecule has 0 saturated carbocycles. The number of amidine groups is 1. The van der Waals surface area contributed by atoms with Gasteiger partial charge in [0.05, 0.1) is 9.80 Å². The molecule has 5 nitrogen and oxygen atoms in total. The van der Waals surface area contributed by atoms with Gasteiger partial charge in [0.2, 0.25) is 0 Å². The average Bonchev–Trinajstić information content (AvgIpc) is 2.91. The topological polar surface area (TPSA) is 66.8 Å². The maximum Gasteiger partial charge on any atom is 0.284 e. The molecule has 0 aliphatic carbocycles. The van der Waals surface area contributed by atoms with Crippen LogP contribution in [0.25, 0.3) is 6.08 Å². The molecule has 3 rings (SSSR count). The first-order valence-electron chi connectivity index (χ1n) is 7.88. The summed E-state index contributed by atoms with van der Waals surface area (Å²) >= 11 is 0.973. The predicted molar refractivity (Wildman–Crippen MR) is 105 cm³/mol. The number of carbonyl (C=O) groups is 1. The first-order chi connectivity index (χ1) is 12.9. The van der Waals surface area contributed by atoms with E-state index in [-0.39, 0.29) is 22.5 Å². The van der Waals surface area contributed by atoms with E-state index in [2.05, 4.69) is 11.0 Å². The zero-order valence-corrected chi connectivity index (χ0v) is 15.7. The Balaban J connectivity index is 1.99. The number of halogens is 1. The minimum atomic E-state index is -4.09. The van der Waals surface area contributed by atoms with Crippen LogP contribution < -0.4 is 0 Å². The summed E-state index contributed by atoms with van der Waals surface area (Å²) in [7, 11) is -4.09.